The van der Waals surface area contributed by atoms with Gasteiger partial charge in [0, 0.05) is 23.9 Å². The maximum Gasteiger partial charge on any atom is 0.345 e. The Morgan fingerprint density at radius 1 is 1.50 bits per heavy atom. The molecular formula is C13H15NO3S. The van der Waals surface area contributed by atoms with Crippen LogP contribution in [0.5, 0.6) is 0 Å². The van der Waals surface area contributed by atoms with E-state index in [0.29, 0.717) is 11.4 Å². The lowest BCUT2D eigenvalue weighted by molar-refractivity contribution is 0.0702. The van der Waals surface area contributed by atoms with Crippen molar-refractivity contribution in [2.24, 2.45) is 0 Å². The molecule has 0 fully saturated rings. The first-order valence-electron chi connectivity index (χ1n) is 5.73. The Labute approximate surface area is 109 Å². The summed E-state index contributed by atoms with van der Waals surface area (Å²) in [5.41, 5.74) is 0. The van der Waals surface area contributed by atoms with Crippen LogP contribution in [-0.2, 0) is 13.0 Å². The highest BCUT2D eigenvalue weighted by Gasteiger charge is 2.09. The van der Waals surface area contributed by atoms with Crippen molar-refractivity contribution < 1.29 is 14.3 Å². The number of carboxylic acids is 1. The Bertz CT molecular complexity index is 504. The maximum absolute atomic E-state index is 10.7. The summed E-state index contributed by atoms with van der Waals surface area (Å²) >= 11 is 1.31. The fourth-order valence-electron chi connectivity index (χ4n) is 1.67. The summed E-state index contributed by atoms with van der Waals surface area (Å²) in [6.07, 6.45) is 2.49. The summed E-state index contributed by atoms with van der Waals surface area (Å²) in [4.78, 5) is 12.1. The van der Waals surface area contributed by atoms with Crippen LogP contribution < -0.4 is 5.32 Å². The van der Waals surface area contributed by atoms with Crippen LogP contribution in [0.2, 0.25) is 0 Å². The van der Waals surface area contributed by atoms with E-state index in [0.717, 1.165) is 17.1 Å². The Morgan fingerprint density at radius 2 is 2.33 bits per heavy atom. The lowest BCUT2D eigenvalue weighted by Gasteiger charge is -2.11. The Hall–Kier alpha value is -1.59. The average Bonchev–Trinajstić information content (AvgIpc) is 2.96. The van der Waals surface area contributed by atoms with Crippen molar-refractivity contribution in [3.8, 4) is 0 Å². The van der Waals surface area contributed by atoms with Gasteiger partial charge in [-0.25, -0.2) is 4.79 Å². The summed E-state index contributed by atoms with van der Waals surface area (Å²) in [6, 6.07) is 7.60. The number of aromatic carboxylic acids is 1. The minimum absolute atomic E-state index is 0.284. The second kappa shape index (κ2) is 5.84. The van der Waals surface area contributed by atoms with Crippen molar-refractivity contribution in [3.63, 3.8) is 0 Å². The molecule has 5 heteroatoms. The van der Waals surface area contributed by atoms with Gasteiger partial charge >= 0.3 is 5.97 Å². The number of thiophene rings is 1. The Balaban J connectivity index is 1.81. The van der Waals surface area contributed by atoms with E-state index in [1.807, 2.05) is 18.2 Å². The zero-order chi connectivity index (χ0) is 13.0. The molecule has 4 nitrogen and oxygen atoms in total. The molecule has 0 radical (unpaired) electrons. The molecule has 0 saturated carbocycles. The maximum atomic E-state index is 10.7. The summed E-state index contributed by atoms with van der Waals surface area (Å²) in [5.74, 6) is 0.0855. The summed E-state index contributed by atoms with van der Waals surface area (Å²) in [5, 5.41) is 12.2. The minimum Gasteiger partial charge on any atom is -0.477 e. The second-order valence-electron chi connectivity index (χ2n) is 4.14. The van der Waals surface area contributed by atoms with Gasteiger partial charge in [-0.2, -0.15) is 0 Å². The highest BCUT2D eigenvalue weighted by atomic mass is 32.1. The first-order valence-corrected chi connectivity index (χ1v) is 6.54. The van der Waals surface area contributed by atoms with E-state index in [-0.39, 0.29) is 6.04 Å². The molecule has 18 heavy (non-hydrogen) atoms. The molecule has 2 aromatic heterocycles. The Morgan fingerprint density at radius 3 is 2.94 bits per heavy atom. The van der Waals surface area contributed by atoms with E-state index in [1.165, 1.54) is 11.3 Å². The molecule has 2 N–H and O–H groups in total. The number of hydrogen-bond acceptors (Lipinski definition) is 4. The normalized spacial score (nSPS) is 12.5. The SMILES string of the molecule is CC(Cc1ccco1)NCc1ccc(C(=O)O)s1. The van der Waals surface area contributed by atoms with Crippen molar-refractivity contribution in [2.45, 2.75) is 25.9 Å². The van der Waals surface area contributed by atoms with Crippen LogP contribution in [0.25, 0.3) is 0 Å². The molecule has 0 saturated heterocycles. The molecule has 2 aromatic rings. The van der Waals surface area contributed by atoms with Gasteiger partial charge in [-0.1, -0.05) is 0 Å². The van der Waals surface area contributed by atoms with E-state index in [2.05, 4.69) is 12.2 Å². The van der Waals surface area contributed by atoms with Gasteiger partial charge in [0.15, 0.2) is 0 Å². The number of furan rings is 1. The Kier molecular flexibility index (Phi) is 4.17. The zero-order valence-electron chi connectivity index (χ0n) is 10.1. The summed E-state index contributed by atoms with van der Waals surface area (Å²) in [6.45, 7) is 2.76. The van der Waals surface area contributed by atoms with Crippen LogP contribution in [-0.4, -0.2) is 17.1 Å². The van der Waals surface area contributed by atoms with Crippen LogP contribution in [0.4, 0.5) is 0 Å². The van der Waals surface area contributed by atoms with E-state index in [1.54, 1.807) is 12.3 Å². The monoisotopic (exact) mass is 265 g/mol. The van der Waals surface area contributed by atoms with Crippen molar-refractivity contribution in [2.75, 3.05) is 0 Å². The van der Waals surface area contributed by atoms with Gasteiger partial charge in [-0.15, -0.1) is 11.3 Å². The van der Waals surface area contributed by atoms with E-state index >= 15 is 0 Å². The molecule has 0 aromatic carbocycles. The standard InChI is InChI=1S/C13H15NO3S/c1-9(7-10-3-2-6-17-10)14-8-11-4-5-12(18-11)13(15)16/h2-6,9,14H,7-8H2,1H3,(H,15,16). The van der Waals surface area contributed by atoms with E-state index < -0.39 is 5.97 Å². The average molecular weight is 265 g/mol. The lowest BCUT2D eigenvalue weighted by Crippen LogP contribution is -2.26. The number of rotatable bonds is 6. The van der Waals surface area contributed by atoms with Crippen molar-refractivity contribution in [3.05, 3.63) is 46.0 Å². The molecule has 96 valence electrons. The molecule has 0 bridgehead atoms. The van der Waals surface area contributed by atoms with Crippen LogP contribution in [0.15, 0.2) is 34.9 Å². The molecule has 1 unspecified atom stereocenters. The molecule has 0 aliphatic heterocycles. The first kappa shape index (κ1) is 12.9. The fourth-order valence-corrected chi connectivity index (χ4v) is 2.46. The highest BCUT2D eigenvalue weighted by Crippen LogP contribution is 2.16. The topological polar surface area (TPSA) is 62.5 Å². The number of hydrogen-bond donors (Lipinski definition) is 2. The second-order valence-corrected chi connectivity index (χ2v) is 5.30. The molecule has 1 atom stereocenters. The predicted molar refractivity (Wildman–Crippen MR) is 70.0 cm³/mol. The molecule has 0 aliphatic rings. The van der Waals surface area contributed by atoms with Crippen molar-refractivity contribution in [1.82, 2.24) is 5.32 Å². The molecule has 0 spiro atoms. The van der Waals surface area contributed by atoms with Gasteiger partial charge in [0.1, 0.15) is 10.6 Å². The smallest absolute Gasteiger partial charge is 0.345 e. The van der Waals surface area contributed by atoms with Crippen LogP contribution in [0, 0.1) is 0 Å². The molecular weight excluding hydrogens is 250 g/mol. The molecule has 2 rings (SSSR count). The van der Waals surface area contributed by atoms with Crippen molar-refractivity contribution in [1.29, 1.82) is 0 Å². The predicted octanol–water partition coefficient (Wildman–Crippen LogP) is 2.76. The summed E-state index contributed by atoms with van der Waals surface area (Å²) < 4.78 is 5.28. The van der Waals surface area contributed by atoms with Gasteiger partial charge < -0.3 is 14.8 Å². The van der Waals surface area contributed by atoms with Crippen LogP contribution in [0.3, 0.4) is 0 Å². The molecule has 0 aliphatic carbocycles. The van der Waals surface area contributed by atoms with Gasteiger partial charge in [-0.3, -0.25) is 0 Å². The number of nitrogens with one attached hydrogen (secondary N) is 1. The van der Waals surface area contributed by atoms with Gasteiger partial charge in [0.05, 0.1) is 6.26 Å². The highest BCUT2D eigenvalue weighted by molar-refractivity contribution is 7.13. The van der Waals surface area contributed by atoms with Crippen molar-refractivity contribution >= 4 is 17.3 Å². The summed E-state index contributed by atoms with van der Waals surface area (Å²) in [7, 11) is 0. The number of carbonyl (C=O) groups is 1. The third kappa shape index (κ3) is 3.45. The van der Waals surface area contributed by atoms with Crippen LogP contribution in [0.1, 0.15) is 27.2 Å². The van der Waals surface area contributed by atoms with Gasteiger partial charge in [0.2, 0.25) is 0 Å². The largest absolute Gasteiger partial charge is 0.477 e. The lowest BCUT2D eigenvalue weighted by atomic mass is 10.2. The van der Waals surface area contributed by atoms with Crippen LogP contribution >= 0.6 is 11.3 Å². The third-order valence-corrected chi connectivity index (χ3v) is 3.66. The van der Waals surface area contributed by atoms with E-state index in [4.69, 9.17) is 9.52 Å². The molecule has 0 amide bonds. The number of carboxylic acid groups (broad SMARTS) is 1. The fraction of sp³-hybridized carbons (Fsp3) is 0.308. The van der Waals surface area contributed by atoms with Gasteiger partial charge in [0.25, 0.3) is 0 Å². The zero-order valence-corrected chi connectivity index (χ0v) is 10.9. The first-order chi connectivity index (χ1) is 8.65. The third-order valence-electron chi connectivity index (χ3n) is 2.58. The quantitative estimate of drug-likeness (QED) is 0.843. The van der Waals surface area contributed by atoms with E-state index in [9.17, 15) is 4.79 Å². The van der Waals surface area contributed by atoms with Gasteiger partial charge in [-0.05, 0) is 31.2 Å². The minimum atomic E-state index is -0.866. The molecule has 2 heterocycles.